The Morgan fingerprint density at radius 3 is 2.11 bits per heavy atom. The van der Waals surface area contributed by atoms with E-state index in [1.54, 1.807) is 6.33 Å². The van der Waals surface area contributed by atoms with E-state index in [0.717, 1.165) is 37.6 Å². The SMILES string of the molecule is CCCCCNc1ncnc(NCCC)c1CC. The van der Waals surface area contributed by atoms with Crippen molar-refractivity contribution in [3.8, 4) is 0 Å². The molecule has 0 amide bonds. The number of hydrogen-bond acceptors (Lipinski definition) is 4. The Balaban J connectivity index is 2.65. The van der Waals surface area contributed by atoms with E-state index in [-0.39, 0.29) is 0 Å². The lowest BCUT2D eigenvalue weighted by molar-refractivity contribution is 0.741. The first kappa shape index (κ1) is 14.7. The van der Waals surface area contributed by atoms with Crippen LogP contribution in [0.25, 0.3) is 0 Å². The zero-order chi connectivity index (χ0) is 13.2. The van der Waals surface area contributed by atoms with Gasteiger partial charge in [-0.25, -0.2) is 9.97 Å². The molecule has 1 aromatic heterocycles. The first-order valence-electron chi connectivity index (χ1n) is 7.15. The standard InChI is InChI=1S/C14H26N4/c1-4-7-8-10-16-14-12(6-3)13(15-9-5-2)17-11-18-14/h11H,4-10H2,1-3H3,(H2,15,16,17,18). The third-order valence-corrected chi connectivity index (χ3v) is 2.91. The van der Waals surface area contributed by atoms with E-state index in [4.69, 9.17) is 0 Å². The third-order valence-electron chi connectivity index (χ3n) is 2.91. The molecule has 0 atom stereocenters. The van der Waals surface area contributed by atoms with E-state index in [2.05, 4.69) is 41.4 Å². The number of nitrogens with one attached hydrogen (secondary N) is 2. The largest absolute Gasteiger partial charge is 0.370 e. The summed E-state index contributed by atoms with van der Waals surface area (Å²) in [6.45, 7) is 8.47. The van der Waals surface area contributed by atoms with Crippen LogP contribution in [0.15, 0.2) is 6.33 Å². The van der Waals surface area contributed by atoms with E-state index in [1.807, 2.05) is 0 Å². The van der Waals surface area contributed by atoms with Gasteiger partial charge in [-0.2, -0.15) is 0 Å². The maximum Gasteiger partial charge on any atom is 0.134 e. The second-order valence-electron chi connectivity index (χ2n) is 4.46. The minimum atomic E-state index is 0.947. The maximum absolute atomic E-state index is 4.35. The second kappa shape index (κ2) is 8.72. The van der Waals surface area contributed by atoms with Crippen LogP contribution in [-0.4, -0.2) is 23.1 Å². The van der Waals surface area contributed by atoms with Gasteiger partial charge in [-0.1, -0.05) is 33.6 Å². The highest BCUT2D eigenvalue weighted by molar-refractivity contribution is 5.57. The zero-order valence-corrected chi connectivity index (χ0v) is 11.9. The lowest BCUT2D eigenvalue weighted by atomic mass is 10.2. The molecule has 0 aliphatic carbocycles. The van der Waals surface area contributed by atoms with Crippen molar-refractivity contribution in [2.45, 2.75) is 52.9 Å². The first-order chi connectivity index (χ1) is 8.83. The molecule has 102 valence electrons. The molecule has 0 unspecified atom stereocenters. The highest BCUT2D eigenvalue weighted by Crippen LogP contribution is 2.20. The molecule has 0 saturated carbocycles. The summed E-state index contributed by atoms with van der Waals surface area (Å²) in [5, 5.41) is 6.79. The first-order valence-corrected chi connectivity index (χ1v) is 7.15. The van der Waals surface area contributed by atoms with Gasteiger partial charge in [0.05, 0.1) is 0 Å². The lowest BCUT2D eigenvalue weighted by Crippen LogP contribution is -2.11. The smallest absolute Gasteiger partial charge is 0.134 e. The van der Waals surface area contributed by atoms with Gasteiger partial charge in [0.1, 0.15) is 18.0 Å². The van der Waals surface area contributed by atoms with Crippen LogP contribution in [-0.2, 0) is 6.42 Å². The van der Waals surface area contributed by atoms with Crippen LogP contribution in [0.3, 0.4) is 0 Å². The van der Waals surface area contributed by atoms with E-state index in [1.165, 1.54) is 24.8 Å². The summed E-state index contributed by atoms with van der Waals surface area (Å²) in [5.41, 5.74) is 1.20. The Morgan fingerprint density at radius 1 is 0.889 bits per heavy atom. The average Bonchev–Trinajstić information content (AvgIpc) is 2.41. The predicted octanol–water partition coefficient (Wildman–Crippen LogP) is 3.46. The van der Waals surface area contributed by atoms with E-state index in [9.17, 15) is 0 Å². The Hall–Kier alpha value is -1.32. The van der Waals surface area contributed by atoms with Crippen LogP contribution < -0.4 is 10.6 Å². The fourth-order valence-corrected chi connectivity index (χ4v) is 1.88. The molecule has 4 heteroatoms. The van der Waals surface area contributed by atoms with Crippen LogP contribution in [0.2, 0.25) is 0 Å². The lowest BCUT2D eigenvalue weighted by Gasteiger charge is -2.14. The Bertz CT molecular complexity index is 339. The molecule has 0 aliphatic rings. The highest BCUT2D eigenvalue weighted by atomic mass is 15.1. The topological polar surface area (TPSA) is 49.8 Å². The van der Waals surface area contributed by atoms with Gasteiger partial charge in [0.2, 0.25) is 0 Å². The molecule has 2 N–H and O–H groups in total. The van der Waals surface area contributed by atoms with Crippen molar-refractivity contribution in [2.24, 2.45) is 0 Å². The molecular weight excluding hydrogens is 224 g/mol. The van der Waals surface area contributed by atoms with Crippen molar-refractivity contribution in [3.63, 3.8) is 0 Å². The van der Waals surface area contributed by atoms with Gasteiger partial charge in [-0.15, -0.1) is 0 Å². The van der Waals surface area contributed by atoms with Gasteiger partial charge in [0.15, 0.2) is 0 Å². The zero-order valence-electron chi connectivity index (χ0n) is 11.9. The van der Waals surface area contributed by atoms with Crippen molar-refractivity contribution in [3.05, 3.63) is 11.9 Å². The van der Waals surface area contributed by atoms with E-state index in [0.29, 0.717) is 0 Å². The number of anilines is 2. The average molecular weight is 250 g/mol. The van der Waals surface area contributed by atoms with Crippen molar-refractivity contribution in [1.82, 2.24) is 9.97 Å². The minimum Gasteiger partial charge on any atom is -0.370 e. The van der Waals surface area contributed by atoms with Crippen molar-refractivity contribution >= 4 is 11.6 Å². The summed E-state index contributed by atoms with van der Waals surface area (Å²) in [6.07, 6.45) is 7.39. The van der Waals surface area contributed by atoms with Crippen LogP contribution in [0, 0.1) is 0 Å². The van der Waals surface area contributed by atoms with Crippen LogP contribution in [0.5, 0.6) is 0 Å². The normalized spacial score (nSPS) is 10.4. The second-order valence-corrected chi connectivity index (χ2v) is 4.46. The van der Waals surface area contributed by atoms with Crippen LogP contribution >= 0.6 is 0 Å². The molecule has 18 heavy (non-hydrogen) atoms. The summed E-state index contributed by atoms with van der Waals surface area (Å²) in [7, 11) is 0. The third kappa shape index (κ3) is 4.51. The quantitative estimate of drug-likeness (QED) is 0.659. The highest BCUT2D eigenvalue weighted by Gasteiger charge is 2.08. The van der Waals surface area contributed by atoms with Crippen LogP contribution in [0.4, 0.5) is 11.6 Å². The molecule has 1 aromatic rings. The van der Waals surface area contributed by atoms with Gasteiger partial charge >= 0.3 is 0 Å². The maximum atomic E-state index is 4.35. The summed E-state index contributed by atoms with van der Waals surface area (Å²) in [4.78, 5) is 8.68. The van der Waals surface area contributed by atoms with Crippen molar-refractivity contribution in [1.29, 1.82) is 0 Å². The van der Waals surface area contributed by atoms with Gasteiger partial charge in [0.25, 0.3) is 0 Å². The molecule has 0 aromatic carbocycles. The monoisotopic (exact) mass is 250 g/mol. The Kier molecular flexibility index (Phi) is 7.14. The minimum absolute atomic E-state index is 0.947. The summed E-state index contributed by atoms with van der Waals surface area (Å²) < 4.78 is 0. The van der Waals surface area contributed by atoms with Crippen molar-refractivity contribution in [2.75, 3.05) is 23.7 Å². The van der Waals surface area contributed by atoms with Gasteiger partial charge < -0.3 is 10.6 Å². The molecule has 0 radical (unpaired) electrons. The fraction of sp³-hybridized carbons (Fsp3) is 0.714. The van der Waals surface area contributed by atoms with E-state index >= 15 is 0 Å². The molecule has 4 nitrogen and oxygen atoms in total. The molecule has 0 bridgehead atoms. The van der Waals surface area contributed by atoms with Gasteiger partial charge in [-0.05, 0) is 19.3 Å². The fourth-order valence-electron chi connectivity index (χ4n) is 1.88. The number of aromatic nitrogens is 2. The van der Waals surface area contributed by atoms with Gasteiger partial charge in [-0.3, -0.25) is 0 Å². The van der Waals surface area contributed by atoms with E-state index < -0.39 is 0 Å². The van der Waals surface area contributed by atoms with Gasteiger partial charge in [0, 0.05) is 18.7 Å². The predicted molar refractivity (Wildman–Crippen MR) is 78.2 cm³/mol. The number of unbranched alkanes of at least 4 members (excludes halogenated alkanes) is 2. The van der Waals surface area contributed by atoms with Crippen molar-refractivity contribution < 1.29 is 0 Å². The molecule has 0 saturated heterocycles. The Morgan fingerprint density at radius 2 is 1.56 bits per heavy atom. The molecule has 0 aliphatic heterocycles. The summed E-state index contributed by atoms with van der Waals surface area (Å²) in [5.74, 6) is 1.97. The summed E-state index contributed by atoms with van der Waals surface area (Å²) >= 11 is 0. The number of hydrogen-bond donors (Lipinski definition) is 2. The molecule has 1 heterocycles. The summed E-state index contributed by atoms with van der Waals surface area (Å²) in [6, 6.07) is 0. The van der Waals surface area contributed by atoms with Crippen LogP contribution in [0.1, 0.15) is 52.0 Å². The molecule has 0 fully saturated rings. The molecule has 1 rings (SSSR count). The number of nitrogens with zero attached hydrogens (tertiary/aromatic N) is 2. The Labute approximate surface area is 111 Å². The molecular formula is C14H26N4. The number of rotatable bonds is 9. The molecule has 0 spiro atoms.